The van der Waals surface area contributed by atoms with Gasteiger partial charge in [0.25, 0.3) is 0 Å². The molecule has 0 saturated carbocycles. The lowest BCUT2D eigenvalue weighted by atomic mass is 10.1. The fourth-order valence-electron chi connectivity index (χ4n) is 3.06. The number of aromatic nitrogens is 2. The number of aliphatic hydroxyl groups is 1. The van der Waals surface area contributed by atoms with Gasteiger partial charge in [-0.25, -0.2) is 9.97 Å². The largest absolute Gasteiger partial charge is 0.416 e. The molecule has 2 aromatic rings. The fraction of sp³-hybridized carbons (Fsp3) is 0.444. The Balaban J connectivity index is 1.85. The van der Waals surface area contributed by atoms with Crippen LogP contribution in [0.25, 0.3) is 11.3 Å². The topological polar surface area (TPSA) is 52.5 Å². The van der Waals surface area contributed by atoms with Crippen molar-refractivity contribution in [3.05, 3.63) is 41.7 Å². The number of benzene rings is 1. The van der Waals surface area contributed by atoms with Crippen molar-refractivity contribution < 1.29 is 18.3 Å². The second-order valence-corrected chi connectivity index (χ2v) is 6.29. The van der Waals surface area contributed by atoms with Gasteiger partial charge in [0.2, 0.25) is 0 Å². The normalized spacial score (nSPS) is 16.1. The first-order valence-electron chi connectivity index (χ1n) is 8.48. The molecular weight excluding hydrogens is 345 g/mol. The maximum absolute atomic E-state index is 13.0. The Labute approximate surface area is 150 Å². The van der Waals surface area contributed by atoms with Gasteiger partial charge in [0.15, 0.2) is 0 Å². The molecule has 1 aromatic carbocycles. The number of aryl methyl sites for hydroxylation is 1. The van der Waals surface area contributed by atoms with Crippen molar-refractivity contribution in [3.8, 4) is 11.3 Å². The molecule has 0 atom stereocenters. The minimum Gasteiger partial charge on any atom is -0.395 e. The molecule has 2 heterocycles. The molecule has 0 bridgehead atoms. The van der Waals surface area contributed by atoms with Crippen LogP contribution in [0.1, 0.15) is 11.4 Å². The number of aliphatic hydroxyl groups excluding tert-OH is 1. The molecule has 3 rings (SSSR count). The summed E-state index contributed by atoms with van der Waals surface area (Å²) in [5.41, 5.74) is 0.215. The summed E-state index contributed by atoms with van der Waals surface area (Å²) >= 11 is 0. The van der Waals surface area contributed by atoms with E-state index in [4.69, 9.17) is 5.11 Å². The van der Waals surface area contributed by atoms with Gasteiger partial charge in [-0.1, -0.05) is 12.1 Å². The number of nitrogens with zero attached hydrogens (tertiary/aromatic N) is 4. The standard InChI is InChI=1S/C18H21F3N4O/c1-13-22-16(14-3-2-4-15(11-14)18(19,20)21)12-17(23-13)25-7-5-24(6-8-25)9-10-26/h2-4,11-12,26H,5-10H2,1H3. The maximum atomic E-state index is 13.0. The second kappa shape index (κ2) is 7.59. The summed E-state index contributed by atoms with van der Waals surface area (Å²) in [6.07, 6.45) is -4.38. The lowest BCUT2D eigenvalue weighted by molar-refractivity contribution is -0.137. The van der Waals surface area contributed by atoms with E-state index in [1.165, 1.54) is 6.07 Å². The number of hydrogen-bond acceptors (Lipinski definition) is 5. The van der Waals surface area contributed by atoms with E-state index in [2.05, 4.69) is 19.8 Å². The summed E-state index contributed by atoms with van der Waals surface area (Å²) in [6, 6.07) is 6.93. The molecule has 1 aromatic heterocycles. The molecule has 0 radical (unpaired) electrons. The van der Waals surface area contributed by atoms with E-state index in [0.29, 0.717) is 29.4 Å². The molecule has 0 unspecified atom stereocenters. The highest BCUT2D eigenvalue weighted by molar-refractivity contribution is 5.64. The lowest BCUT2D eigenvalue weighted by Crippen LogP contribution is -2.47. The molecule has 1 saturated heterocycles. The maximum Gasteiger partial charge on any atom is 0.416 e. The number of halogens is 3. The summed E-state index contributed by atoms with van der Waals surface area (Å²) < 4.78 is 38.9. The highest BCUT2D eigenvalue weighted by Gasteiger charge is 2.30. The first-order valence-corrected chi connectivity index (χ1v) is 8.48. The van der Waals surface area contributed by atoms with E-state index in [0.717, 1.165) is 38.3 Å². The number of β-amino-alcohol motifs (C(OH)–C–C–N with tert-alkyl or cyclic N) is 1. The van der Waals surface area contributed by atoms with Crippen molar-refractivity contribution >= 4 is 5.82 Å². The van der Waals surface area contributed by atoms with Crippen molar-refractivity contribution in [3.63, 3.8) is 0 Å². The van der Waals surface area contributed by atoms with Crippen LogP contribution in [0, 0.1) is 6.92 Å². The van der Waals surface area contributed by atoms with Gasteiger partial charge < -0.3 is 10.0 Å². The average Bonchev–Trinajstić information content (AvgIpc) is 2.61. The van der Waals surface area contributed by atoms with Gasteiger partial charge in [-0.15, -0.1) is 0 Å². The van der Waals surface area contributed by atoms with E-state index in [1.807, 2.05) is 0 Å². The van der Waals surface area contributed by atoms with Crippen LogP contribution in [0.15, 0.2) is 30.3 Å². The quantitative estimate of drug-likeness (QED) is 0.902. The third-order valence-corrected chi connectivity index (χ3v) is 4.42. The number of anilines is 1. The molecule has 8 heteroatoms. The van der Waals surface area contributed by atoms with Crippen LogP contribution in [0.3, 0.4) is 0 Å². The molecule has 1 aliphatic rings. The zero-order valence-corrected chi connectivity index (χ0v) is 14.5. The Morgan fingerprint density at radius 2 is 1.81 bits per heavy atom. The Kier molecular flexibility index (Phi) is 5.43. The van der Waals surface area contributed by atoms with Crippen LogP contribution in [-0.2, 0) is 6.18 Å². The predicted molar refractivity (Wildman–Crippen MR) is 92.9 cm³/mol. The zero-order valence-electron chi connectivity index (χ0n) is 14.5. The van der Waals surface area contributed by atoms with Crippen molar-refractivity contribution in [2.24, 2.45) is 0 Å². The van der Waals surface area contributed by atoms with Crippen LogP contribution in [0.5, 0.6) is 0 Å². The first kappa shape index (κ1) is 18.6. The van der Waals surface area contributed by atoms with Crippen molar-refractivity contribution in [1.29, 1.82) is 0 Å². The van der Waals surface area contributed by atoms with Gasteiger partial charge in [-0.2, -0.15) is 13.2 Å². The minimum absolute atomic E-state index is 0.131. The third kappa shape index (κ3) is 4.31. The average molecular weight is 366 g/mol. The van der Waals surface area contributed by atoms with Crippen LogP contribution >= 0.6 is 0 Å². The van der Waals surface area contributed by atoms with Gasteiger partial charge in [-0.05, 0) is 19.1 Å². The van der Waals surface area contributed by atoms with Crippen LogP contribution in [0.2, 0.25) is 0 Å². The van der Waals surface area contributed by atoms with Gasteiger partial charge in [0.1, 0.15) is 11.6 Å². The Morgan fingerprint density at radius 3 is 2.46 bits per heavy atom. The van der Waals surface area contributed by atoms with Crippen molar-refractivity contribution in [1.82, 2.24) is 14.9 Å². The van der Waals surface area contributed by atoms with E-state index >= 15 is 0 Å². The molecular formula is C18H21F3N4O. The van der Waals surface area contributed by atoms with Crippen LogP contribution < -0.4 is 4.90 Å². The van der Waals surface area contributed by atoms with E-state index in [-0.39, 0.29) is 6.61 Å². The summed E-state index contributed by atoms with van der Waals surface area (Å²) in [5, 5.41) is 9.02. The predicted octanol–water partition coefficient (Wildman–Crippen LogP) is 2.59. The lowest BCUT2D eigenvalue weighted by Gasteiger charge is -2.35. The van der Waals surface area contributed by atoms with Crippen molar-refractivity contribution in [2.75, 3.05) is 44.2 Å². The highest BCUT2D eigenvalue weighted by atomic mass is 19.4. The second-order valence-electron chi connectivity index (χ2n) is 6.29. The first-order chi connectivity index (χ1) is 12.4. The van der Waals surface area contributed by atoms with E-state index in [1.54, 1.807) is 19.1 Å². The number of rotatable bonds is 4. The molecule has 0 amide bonds. The van der Waals surface area contributed by atoms with Gasteiger partial charge in [0, 0.05) is 44.4 Å². The van der Waals surface area contributed by atoms with Crippen LogP contribution in [-0.4, -0.2) is 59.3 Å². The van der Waals surface area contributed by atoms with Gasteiger partial charge in [-0.3, -0.25) is 4.90 Å². The summed E-state index contributed by atoms with van der Waals surface area (Å²) in [6.45, 7) is 5.63. The molecule has 26 heavy (non-hydrogen) atoms. The Bertz CT molecular complexity index is 758. The van der Waals surface area contributed by atoms with Crippen molar-refractivity contribution in [2.45, 2.75) is 13.1 Å². The van der Waals surface area contributed by atoms with Gasteiger partial charge >= 0.3 is 6.18 Å². The molecule has 1 aliphatic heterocycles. The molecule has 1 N–H and O–H groups in total. The molecule has 0 spiro atoms. The monoisotopic (exact) mass is 366 g/mol. The van der Waals surface area contributed by atoms with Crippen LogP contribution in [0.4, 0.5) is 19.0 Å². The van der Waals surface area contributed by atoms with E-state index in [9.17, 15) is 13.2 Å². The summed E-state index contributed by atoms with van der Waals surface area (Å²) in [7, 11) is 0. The fourth-order valence-corrected chi connectivity index (χ4v) is 3.06. The Hall–Kier alpha value is -2.19. The third-order valence-electron chi connectivity index (χ3n) is 4.42. The minimum atomic E-state index is -4.38. The molecule has 1 fully saturated rings. The molecule has 5 nitrogen and oxygen atoms in total. The Morgan fingerprint density at radius 1 is 1.08 bits per heavy atom. The summed E-state index contributed by atoms with van der Waals surface area (Å²) in [4.78, 5) is 13.0. The smallest absolute Gasteiger partial charge is 0.395 e. The number of hydrogen-bond donors (Lipinski definition) is 1. The SMILES string of the molecule is Cc1nc(-c2cccc(C(F)(F)F)c2)cc(N2CCN(CCO)CC2)n1. The van der Waals surface area contributed by atoms with Gasteiger partial charge in [0.05, 0.1) is 17.9 Å². The zero-order chi connectivity index (χ0) is 18.7. The highest BCUT2D eigenvalue weighted by Crippen LogP contribution is 2.32. The summed E-state index contributed by atoms with van der Waals surface area (Å²) in [5.74, 6) is 1.24. The molecule has 140 valence electrons. The molecule has 0 aliphatic carbocycles. The number of piperazine rings is 1. The number of alkyl halides is 3. The van der Waals surface area contributed by atoms with E-state index < -0.39 is 11.7 Å².